The first kappa shape index (κ1) is 15.6. The van der Waals surface area contributed by atoms with Crippen LogP contribution in [0.3, 0.4) is 0 Å². The molecule has 1 amide bonds. The van der Waals surface area contributed by atoms with Crippen LogP contribution in [0.5, 0.6) is 0 Å². The van der Waals surface area contributed by atoms with E-state index in [9.17, 15) is 10.1 Å². The summed E-state index contributed by atoms with van der Waals surface area (Å²) in [6.45, 7) is 6.50. The van der Waals surface area contributed by atoms with Gasteiger partial charge in [0.15, 0.2) is 0 Å². The van der Waals surface area contributed by atoms with E-state index in [1.54, 1.807) is 0 Å². The van der Waals surface area contributed by atoms with E-state index in [1.165, 1.54) is 17.8 Å². The second kappa shape index (κ2) is 6.81. The molecule has 5 nitrogen and oxygen atoms in total. The molecule has 0 aromatic carbocycles. The maximum atomic E-state index is 12.0. The van der Waals surface area contributed by atoms with Crippen LogP contribution in [0.1, 0.15) is 48.3 Å². The van der Waals surface area contributed by atoms with Gasteiger partial charge < -0.3 is 16.0 Å². The summed E-state index contributed by atoms with van der Waals surface area (Å²) in [4.78, 5) is 14.7. The Bertz CT molecular complexity index is 553. The van der Waals surface area contributed by atoms with Crippen LogP contribution in [-0.4, -0.2) is 25.5 Å². The van der Waals surface area contributed by atoms with E-state index in [0.717, 1.165) is 36.9 Å². The molecule has 2 rings (SSSR count). The standard InChI is InChI=1S/C15H22N4OS/c1-3-10-5-7-19(8-6-10)15-11(9-16)12(17)13(21-15)14(20)18-4-2/h10H,3-8,17H2,1-2H3,(H,18,20). The molecule has 1 aliphatic heterocycles. The van der Waals surface area contributed by atoms with Crippen LogP contribution in [-0.2, 0) is 0 Å². The number of nitrogens with one attached hydrogen (secondary N) is 1. The first-order valence-corrected chi connectivity index (χ1v) is 8.29. The van der Waals surface area contributed by atoms with Crippen molar-refractivity contribution in [1.29, 1.82) is 5.26 Å². The van der Waals surface area contributed by atoms with E-state index < -0.39 is 0 Å². The third-order valence-electron chi connectivity index (χ3n) is 4.06. The van der Waals surface area contributed by atoms with Crippen LogP contribution in [0.2, 0.25) is 0 Å². The molecule has 0 saturated carbocycles. The molecule has 0 radical (unpaired) electrons. The van der Waals surface area contributed by atoms with Crippen LogP contribution in [0.25, 0.3) is 0 Å². The van der Waals surface area contributed by atoms with Gasteiger partial charge in [-0.05, 0) is 25.7 Å². The number of nitriles is 1. The van der Waals surface area contributed by atoms with Crippen LogP contribution in [0.15, 0.2) is 0 Å². The molecule has 0 bridgehead atoms. The Kier molecular flexibility index (Phi) is 5.07. The highest BCUT2D eigenvalue weighted by molar-refractivity contribution is 7.19. The Morgan fingerprint density at radius 1 is 1.48 bits per heavy atom. The van der Waals surface area contributed by atoms with Crippen molar-refractivity contribution in [2.75, 3.05) is 30.3 Å². The number of carbonyl (C=O) groups is 1. The van der Waals surface area contributed by atoms with Gasteiger partial charge in [0.05, 0.1) is 5.69 Å². The lowest BCUT2D eigenvalue weighted by Gasteiger charge is -2.32. The number of nitrogens with two attached hydrogens (primary N) is 1. The van der Waals surface area contributed by atoms with Gasteiger partial charge in [0.2, 0.25) is 0 Å². The molecule has 1 saturated heterocycles. The molecule has 3 N–H and O–H groups in total. The number of carbonyl (C=O) groups excluding carboxylic acids is 1. The van der Waals surface area contributed by atoms with Crippen LogP contribution in [0, 0.1) is 17.2 Å². The van der Waals surface area contributed by atoms with Crippen molar-refractivity contribution >= 4 is 27.9 Å². The van der Waals surface area contributed by atoms with Gasteiger partial charge in [-0.15, -0.1) is 11.3 Å². The minimum absolute atomic E-state index is 0.189. The number of piperidine rings is 1. The smallest absolute Gasteiger partial charge is 0.263 e. The molecule has 1 fully saturated rings. The number of anilines is 2. The monoisotopic (exact) mass is 306 g/mol. The molecule has 2 heterocycles. The molecule has 21 heavy (non-hydrogen) atoms. The van der Waals surface area contributed by atoms with Gasteiger partial charge in [-0.2, -0.15) is 5.26 Å². The molecule has 0 aliphatic carbocycles. The van der Waals surface area contributed by atoms with Crippen molar-refractivity contribution in [2.45, 2.75) is 33.1 Å². The Morgan fingerprint density at radius 3 is 2.67 bits per heavy atom. The number of nitrogen functional groups attached to an aromatic ring is 1. The van der Waals surface area contributed by atoms with E-state index >= 15 is 0 Å². The molecule has 0 atom stereocenters. The average Bonchev–Trinajstić information content (AvgIpc) is 2.84. The van der Waals surface area contributed by atoms with Gasteiger partial charge in [-0.1, -0.05) is 13.3 Å². The number of rotatable bonds is 4. The number of amides is 1. The minimum Gasteiger partial charge on any atom is -0.396 e. The van der Waals surface area contributed by atoms with Gasteiger partial charge in [0.25, 0.3) is 5.91 Å². The normalized spacial score (nSPS) is 15.8. The summed E-state index contributed by atoms with van der Waals surface area (Å²) in [6.07, 6.45) is 3.47. The zero-order valence-electron chi connectivity index (χ0n) is 12.6. The van der Waals surface area contributed by atoms with Crippen LogP contribution < -0.4 is 16.0 Å². The fourth-order valence-electron chi connectivity index (χ4n) is 2.72. The highest BCUT2D eigenvalue weighted by Crippen LogP contribution is 2.39. The average molecular weight is 306 g/mol. The molecule has 1 aliphatic rings. The Labute approximate surface area is 129 Å². The largest absolute Gasteiger partial charge is 0.396 e. The fraction of sp³-hybridized carbons (Fsp3) is 0.600. The summed E-state index contributed by atoms with van der Waals surface area (Å²) >= 11 is 1.34. The topological polar surface area (TPSA) is 82.2 Å². The summed E-state index contributed by atoms with van der Waals surface area (Å²) in [7, 11) is 0. The van der Waals surface area contributed by atoms with E-state index in [1.807, 2.05) is 6.92 Å². The van der Waals surface area contributed by atoms with E-state index in [2.05, 4.69) is 23.2 Å². The van der Waals surface area contributed by atoms with E-state index in [4.69, 9.17) is 5.73 Å². The van der Waals surface area contributed by atoms with Gasteiger partial charge >= 0.3 is 0 Å². The van der Waals surface area contributed by atoms with Gasteiger partial charge in [0.1, 0.15) is 21.5 Å². The second-order valence-electron chi connectivity index (χ2n) is 5.33. The van der Waals surface area contributed by atoms with Crippen molar-refractivity contribution in [2.24, 2.45) is 5.92 Å². The third kappa shape index (κ3) is 3.13. The number of thiophene rings is 1. The quantitative estimate of drug-likeness (QED) is 0.895. The van der Waals surface area contributed by atoms with E-state index in [-0.39, 0.29) is 5.91 Å². The molecule has 6 heteroatoms. The summed E-state index contributed by atoms with van der Waals surface area (Å²) in [6, 6.07) is 2.17. The predicted molar refractivity (Wildman–Crippen MR) is 86.7 cm³/mol. The summed E-state index contributed by atoms with van der Waals surface area (Å²) < 4.78 is 0. The fourth-order valence-corrected chi connectivity index (χ4v) is 3.86. The molecule has 114 valence electrons. The highest BCUT2D eigenvalue weighted by Gasteiger charge is 2.26. The highest BCUT2D eigenvalue weighted by atomic mass is 32.1. The van der Waals surface area contributed by atoms with Crippen LogP contribution in [0.4, 0.5) is 10.7 Å². The zero-order valence-corrected chi connectivity index (χ0v) is 13.4. The second-order valence-corrected chi connectivity index (χ2v) is 6.33. The maximum Gasteiger partial charge on any atom is 0.263 e. The third-order valence-corrected chi connectivity index (χ3v) is 5.33. The first-order valence-electron chi connectivity index (χ1n) is 7.47. The SMILES string of the molecule is CCNC(=O)c1sc(N2CCC(CC)CC2)c(C#N)c1N. The molecule has 0 unspecified atom stereocenters. The Balaban J connectivity index is 2.26. The summed E-state index contributed by atoms with van der Waals surface area (Å²) in [5.41, 5.74) is 6.78. The first-order chi connectivity index (χ1) is 10.1. The number of hydrogen-bond donors (Lipinski definition) is 2. The van der Waals surface area contributed by atoms with Gasteiger partial charge in [0, 0.05) is 19.6 Å². The molecule has 0 spiro atoms. The summed E-state index contributed by atoms with van der Waals surface area (Å²) in [5, 5.41) is 13.0. The minimum atomic E-state index is -0.189. The van der Waals surface area contributed by atoms with Crippen molar-refractivity contribution in [3.63, 3.8) is 0 Å². The van der Waals surface area contributed by atoms with Crippen molar-refractivity contribution in [1.82, 2.24) is 5.32 Å². The summed E-state index contributed by atoms with van der Waals surface area (Å²) in [5.74, 6) is 0.582. The molecular formula is C15H22N4OS. The van der Waals surface area contributed by atoms with E-state index in [0.29, 0.717) is 22.7 Å². The van der Waals surface area contributed by atoms with Gasteiger partial charge in [-0.25, -0.2) is 0 Å². The predicted octanol–water partition coefficient (Wildman–Crippen LogP) is 2.58. The lowest BCUT2D eigenvalue weighted by molar-refractivity contribution is 0.0960. The molecular weight excluding hydrogens is 284 g/mol. The molecule has 1 aromatic heterocycles. The van der Waals surface area contributed by atoms with Crippen molar-refractivity contribution in [3.05, 3.63) is 10.4 Å². The number of hydrogen-bond acceptors (Lipinski definition) is 5. The van der Waals surface area contributed by atoms with Gasteiger partial charge in [-0.3, -0.25) is 4.79 Å². The zero-order chi connectivity index (χ0) is 15.4. The lowest BCUT2D eigenvalue weighted by Crippen LogP contribution is -2.33. The Morgan fingerprint density at radius 2 is 2.14 bits per heavy atom. The molecule has 1 aromatic rings. The Hall–Kier alpha value is -1.74. The van der Waals surface area contributed by atoms with Crippen molar-refractivity contribution in [3.8, 4) is 6.07 Å². The van der Waals surface area contributed by atoms with Crippen molar-refractivity contribution < 1.29 is 4.79 Å². The van der Waals surface area contributed by atoms with Crippen LogP contribution >= 0.6 is 11.3 Å². The lowest BCUT2D eigenvalue weighted by atomic mass is 9.94. The maximum absolute atomic E-state index is 12.0. The number of nitrogens with zero attached hydrogens (tertiary/aromatic N) is 2.